The number of primary amides is 1. The SMILES string of the molecule is CC(C)OC1=C(c2ccc(C(N)=O)nc2)C(F)C(Cl)C=C1[C@@H](C)c1nc(Cl)c2c(N)nccn12. The van der Waals surface area contributed by atoms with Crippen molar-refractivity contribution < 1.29 is 13.9 Å². The molecule has 3 atom stereocenters. The maximum atomic E-state index is 15.5. The van der Waals surface area contributed by atoms with Crippen molar-refractivity contribution in [1.29, 1.82) is 0 Å². The number of imidazole rings is 1. The number of pyridine rings is 1. The lowest BCUT2D eigenvalue weighted by Gasteiger charge is -2.31. The molecule has 4 N–H and O–H groups in total. The fourth-order valence-electron chi connectivity index (χ4n) is 3.96. The molecule has 0 aliphatic heterocycles. The van der Waals surface area contributed by atoms with E-state index in [0.29, 0.717) is 28.2 Å². The number of nitrogens with two attached hydrogens (primary N) is 2. The molecule has 0 bridgehead atoms. The molecule has 4 rings (SSSR count). The molecule has 0 saturated heterocycles. The number of fused-ring (bicyclic) bond motifs is 1. The summed E-state index contributed by atoms with van der Waals surface area (Å²) in [6.45, 7) is 5.58. The summed E-state index contributed by atoms with van der Waals surface area (Å²) in [6, 6.07) is 3.01. The van der Waals surface area contributed by atoms with Gasteiger partial charge in [0.1, 0.15) is 29.0 Å². The minimum absolute atomic E-state index is 0.0677. The van der Waals surface area contributed by atoms with E-state index in [1.165, 1.54) is 12.3 Å². The average Bonchev–Trinajstić information content (AvgIpc) is 3.13. The van der Waals surface area contributed by atoms with Crippen molar-refractivity contribution >= 4 is 46.0 Å². The van der Waals surface area contributed by atoms with Gasteiger partial charge in [0, 0.05) is 41.2 Å². The number of anilines is 1. The van der Waals surface area contributed by atoms with E-state index >= 15 is 4.39 Å². The highest BCUT2D eigenvalue weighted by Gasteiger charge is 2.37. The van der Waals surface area contributed by atoms with Gasteiger partial charge in [-0.25, -0.2) is 14.4 Å². The highest BCUT2D eigenvalue weighted by atomic mass is 35.5. The Balaban J connectivity index is 1.89. The van der Waals surface area contributed by atoms with Gasteiger partial charge in [-0.3, -0.25) is 14.2 Å². The number of ether oxygens (including phenoxy) is 1. The summed E-state index contributed by atoms with van der Waals surface area (Å²) >= 11 is 12.8. The van der Waals surface area contributed by atoms with E-state index in [9.17, 15) is 4.79 Å². The smallest absolute Gasteiger partial charge is 0.267 e. The lowest BCUT2D eigenvalue weighted by molar-refractivity contribution is 0.0995. The van der Waals surface area contributed by atoms with Gasteiger partial charge in [-0.1, -0.05) is 30.7 Å². The molecule has 0 radical (unpaired) electrons. The summed E-state index contributed by atoms with van der Waals surface area (Å²) in [7, 11) is 0. The number of halogens is 3. The van der Waals surface area contributed by atoms with Crippen LogP contribution in [0.1, 0.15) is 48.6 Å². The van der Waals surface area contributed by atoms with Gasteiger partial charge in [0.15, 0.2) is 11.0 Å². The van der Waals surface area contributed by atoms with E-state index in [-0.39, 0.29) is 28.3 Å². The molecule has 3 aromatic heterocycles. The fourth-order valence-corrected chi connectivity index (χ4v) is 4.49. The Morgan fingerprint density at radius 3 is 2.62 bits per heavy atom. The monoisotopic (exact) mass is 504 g/mol. The van der Waals surface area contributed by atoms with Gasteiger partial charge in [-0.2, -0.15) is 0 Å². The van der Waals surface area contributed by atoms with Crippen molar-refractivity contribution in [3.8, 4) is 0 Å². The number of allylic oxidation sites excluding steroid dienone is 3. The van der Waals surface area contributed by atoms with Crippen LogP contribution in [-0.4, -0.2) is 42.9 Å². The van der Waals surface area contributed by atoms with Gasteiger partial charge in [0.05, 0.1) is 11.5 Å². The molecule has 1 amide bonds. The second-order valence-electron chi connectivity index (χ2n) is 8.19. The van der Waals surface area contributed by atoms with Crippen LogP contribution in [0.3, 0.4) is 0 Å². The number of rotatable bonds is 6. The molecule has 3 heterocycles. The van der Waals surface area contributed by atoms with Crippen LogP contribution in [0, 0.1) is 0 Å². The van der Waals surface area contributed by atoms with Gasteiger partial charge in [-0.15, -0.1) is 11.6 Å². The Hall–Kier alpha value is -3.17. The quantitative estimate of drug-likeness (QED) is 0.483. The van der Waals surface area contributed by atoms with Crippen molar-refractivity contribution in [2.75, 3.05) is 5.73 Å². The fraction of sp³-hybridized carbons (Fsp3) is 0.304. The van der Waals surface area contributed by atoms with Gasteiger partial charge < -0.3 is 16.2 Å². The van der Waals surface area contributed by atoms with Crippen LogP contribution in [0.4, 0.5) is 10.2 Å². The third-order valence-corrected chi connectivity index (χ3v) is 6.11. The predicted octanol–water partition coefficient (Wildman–Crippen LogP) is 4.28. The van der Waals surface area contributed by atoms with E-state index in [4.69, 9.17) is 39.4 Å². The molecular formula is C23H23Cl2FN6O2. The van der Waals surface area contributed by atoms with Crippen molar-refractivity contribution in [3.63, 3.8) is 0 Å². The van der Waals surface area contributed by atoms with E-state index in [1.54, 1.807) is 28.9 Å². The Morgan fingerprint density at radius 2 is 2.00 bits per heavy atom. The minimum Gasteiger partial charge on any atom is -0.490 e. The van der Waals surface area contributed by atoms with Crippen LogP contribution in [0.15, 0.2) is 48.1 Å². The first-order valence-corrected chi connectivity index (χ1v) is 11.4. The molecule has 0 saturated carbocycles. The first-order chi connectivity index (χ1) is 16.1. The van der Waals surface area contributed by atoms with E-state index < -0.39 is 23.4 Å². The van der Waals surface area contributed by atoms with Crippen LogP contribution in [0.5, 0.6) is 0 Å². The lowest BCUT2D eigenvalue weighted by Crippen LogP contribution is -2.27. The number of hydrogen-bond acceptors (Lipinski definition) is 6. The summed E-state index contributed by atoms with van der Waals surface area (Å²) < 4.78 is 23.4. The van der Waals surface area contributed by atoms with Gasteiger partial charge >= 0.3 is 0 Å². The van der Waals surface area contributed by atoms with Crippen LogP contribution in [-0.2, 0) is 4.74 Å². The molecule has 3 aromatic rings. The Morgan fingerprint density at radius 1 is 1.26 bits per heavy atom. The zero-order valence-electron chi connectivity index (χ0n) is 18.7. The molecule has 2 unspecified atom stereocenters. The largest absolute Gasteiger partial charge is 0.490 e. The van der Waals surface area contributed by atoms with Crippen LogP contribution in [0.25, 0.3) is 11.1 Å². The number of carbonyl (C=O) groups is 1. The zero-order chi connectivity index (χ0) is 24.7. The summed E-state index contributed by atoms with van der Waals surface area (Å²) in [5.41, 5.74) is 13.1. The average molecular weight is 505 g/mol. The minimum atomic E-state index is -1.58. The van der Waals surface area contributed by atoms with Crippen LogP contribution in [0.2, 0.25) is 5.15 Å². The number of carbonyl (C=O) groups excluding carboxylic acids is 1. The third kappa shape index (κ3) is 4.21. The zero-order valence-corrected chi connectivity index (χ0v) is 20.2. The second-order valence-corrected chi connectivity index (χ2v) is 9.05. The maximum absolute atomic E-state index is 15.5. The third-order valence-electron chi connectivity index (χ3n) is 5.50. The van der Waals surface area contributed by atoms with Crippen molar-refractivity contribution in [2.45, 2.75) is 44.3 Å². The van der Waals surface area contributed by atoms with Crippen LogP contribution < -0.4 is 11.5 Å². The number of aromatic nitrogens is 4. The summed E-state index contributed by atoms with van der Waals surface area (Å²) in [5.74, 6) is 0.0482. The van der Waals surface area contributed by atoms with Gasteiger partial charge in [0.25, 0.3) is 5.91 Å². The van der Waals surface area contributed by atoms with E-state index in [2.05, 4.69) is 15.0 Å². The first kappa shape index (κ1) is 24.0. The summed E-state index contributed by atoms with van der Waals surface area (Å²) in [4.78, 5) is 24.1. The normalized spacial score (nSPS) is 19.4. The van der Waals surface area contributed by atoms with Gasteiger partial charge in [-0.05, 0) is 19.9 Å². The first-order valence-electron chi connectivity index (χ1n) is 10.5. The van der Waals surface area contributed by atoms with E-state index in [0.717, 1.165) is 0 Å². The molecule has 0 fully saturated rings. The van der Waals surface area contributed by atoms with E-state index in [1.807, 2.05) is 20.8 Å². The second kappa shape index (κ2) is 9.23. The molecule has 1 aliphatic rings. The molecule has 0 spiro atoms. The Kier molecular flexibility index (Phi) is 6.51. The topological polar surface area (TPSA) is 121 Å². The summed E-state index contributed by atoms with van der Waals surface area (Å²) in [5, 5.41) is -0.771. The molecule has 1 aliphatic carbocycles. The highest BCUT2D eigenvalue weighted by molar-refractivity contribution is 6.33. The Labute approximate surface area is 205 Å². The summed E-state index contributed by atoms with van der Waals surface area (Å²) in [6.07, 6.45) is 4.42. The molecule has 0 aromatic carbocycles. The number of nitrogen functional groups attached to an aromatic ring is 1. The number of alkyl halides is 2. The number of amides is 1. The number of hydrogen-bond donors (Lipinski definition) is 2. The van der Waals surface area contributed by atoms with Gasteiger partial charge in [0.2, 0.25) is 0 Å². The highest BCUT2D eigenvalue weighted by Crippen LogP contribution is 2.43. The van der Waals surface area contributed by atoms with Crippen molar-refractivity contribution in [2.24, 2.45) is 5.73 Å². The standard InChI is InChI=1S/C23H23Cl2FN6O2/c1-10(2)34-19-13(11(3)23-31-20(25)18-21(27)29-6-7-32(18)23)8-14(24)17(26)16(19)12-4-5-15(22(28)33)30-9-12/h4-11,14,17H,1-3H3,(H2,27,29)(H2,28,33)/t11-,14?,17?/m1/s1. The number of nitrogens with zero attached hydrogens (tertiary/aromatic N) is 4. The van der Waals surface area contributed by atoms with Crippen LogP contribution >= 0.6 is 23.2 Å². The molecular weight excluding hydrogens is 482 g/mol. The lowest BCUT2D eigenvalue weighted by atomic mass is 9.85. The maximum Gasteiger partial charge on any atom is 0.267 e. The predicted molar refractivity (Wildman–Crippen MR) is 129 cm³/mol. The molecule has 178 valence electrons. The molecule has 8 nitrogen and oxygen atoms in total. The molecule has 34 heavy (non-hydrogen) atoms. The van der Waals surface area contributed by atoms with Crippen molar-refractivity contribution in [1.82, 2.24) is 19.4 Å². The Bertz CT molecular complexity index is 1320. The van der Waals surface area contributed by atoms with Crippen molar-refractivity contribution in [3.05, 3.63) is 70.4 Å². The molecule has 11 heteroatoms.